The molecule has 0 aromatic carbocycles. The molecule has 0 aromatic rings. The van der Waals surface area contributed by atoms with E-state index < -0.39 is 29.3 Å². The topological polar surface area (TPSA) is 90.6 Å². The van der Waals surface area contributed by atoms with Crippen LogP contribution in [0.3, 0.4) is 0 Å². The van der Waals surface area contributed by atoms with Crippen molar-refractivity contribution in [3.05, 3.63) is 0 Å². The number of carbonyl (C=O) groups is 2. The minimum atomic E-state index is -0.672. The van der Waals surface area contributed by atoms with Gasteiger partial charge >= 0.3 is 12.1 Å². The predicted molar refractivity (Wildman–Crippen MR) is 84.5 cm³/mol. The van der Waals surface area contributed by atoms with Gasteiger partial charge in [0.25, 0.3) is 0 Å². The van der Waals surface area contributed by atoms with E-state index in [4.69, 9.17) is 15.2 Å². The van der Waals surface area contributed by atoms with Crippen molar-refractivity contribution < 1.29 is 19.1 Å². The van der Waals surface area contributed by atoms with Crippen LogP contribution in [0.2, 0.25) is 0 Å². The fourth-order valence-corrected chi connectivity index (χ4v) is 1.32. The monoisotopic (exact) mass is 324 g/mol. The van der Waals surface area contributed by atoms with Gasteiger partial charge in [-0.05, 0) is 54.4 Å². The summed E-state index contributed by atoms with van der Waals surface area (Å²) in [6.45, 7) is 11.2. The molecular weight excluding hydrogens is 296 g/mol. The normalized spacial score (nSPS) is 12.9. The first-order valence-electron chi connectivity index (χ1n) is 6.86. The molecule has 0 bridgehead atoms. The Kier molecular flexibility index (Phi) is 9.65. The fourth-order valence-electron chi connectivity index (χ4n) is 1.32. The van der Waals surface area contributed by atoms with E-state index in [-0.39, 0.29) is 12.4 Å². The number of ether oxygens (including phenoxy) is 2. The Morgan fingerprint density at radius 2 is 1.52 bits per heavy atom. The number of nitrogens with two attached hydrogens (primary N) is 1. The van der Waals surface area contributed by atoms with Crippen LogP contribution in [-0.2, 0) is 14.3 Å². The third kappa shape index (κ3) is 13.7. The molecular formula is C14H29ClN2O4. The number of alkyl carbamates (subject to hydrolysis) is 1. The third-order valence-corrected chi connectivity index (χ3v) is 2.07. The van der Waals surface area contributed by atoms with Crippen molar-refractivity contribution in [3.8, 4) is 0 Å². The zero-order chi connectivity index (χ0) is 16.0. The molecule has 126 valence electrons. The molecule has 0 fully saturated rings. The molecule has 1 atom stereocenters. The van der Waals surface area contributed by atoms with Crippen LogP contribution in [0.1, 0.15) is 54.4 Å². The fraction of sp³-hybridized carbons (Fsp3) is 0.857. The highest BCUT2D eigenvalue weighted by Crippen LogP contribution is 2.09. The summed E-state index contributed by atoms with van der Waals surface area (Å²) in [6, 6.07) is -0.672. The van der Waals surface area contributed by atoms with Crippen molar-refractivity contribution >= 4 is 24.5 Å². The summed E-state index contributed by atoms with van der Waals surface area (Å²) < 4.78 is 10.3. The third-order valence-electron chi connectivity index (χ3n) is 2.07. The van der Waals surface area contributed by atoms with Crippen molar-refractivity contribution in [2.75, 3.05) is 6.54 Å². The van der Waals surface area contributed by atoms with Crippen LogP contribution in [0, 0.1) is 0 Å². The van der Waals surface area contributed by atoms with Crippen molar-refractivity contribution in [1.29, 1.82) is 0 Å². The van der Waals surface area contributed by atoms with Crippen LogP contribution in [0.15, 0.2) is 0 Å². The van der Waals surface area contributed by atoms with Crippen LogP contribution >= 0.6 is 12.4 Å². The van der Waals surface area contributed by atoms with Crippen LogP contribution in [0.25, 0.3) is 0 Å². The van der Waals surface area contributed by atoms with Gasteiger partial charge in [-0.25, -0.2) is 4.79 Å². The second-order valence-corrected chi connectivity index (χ2v) is 6.71. The zero-order valence-corrected chi connectivity index (χ0v) is 14.6. The highest BCUT2D eigenvalue weighted by molar-refractivity contribution is 5.85. The second kappa shape index (κ2) is 9.10. The minimum Gasteiger partial charge on any atom is -0.459 e. The molecule has 0 saturated heterocycles. The Labute approximate surface area is 133 Å². The molecule has 3 N–H and O–H groups in total. The van der Waals surface area contributed by atoms with Gasteiger partial charge in [-0.1, -0.05) is 0 Å². The van der Waals surface area contributed by atoms with Crippen molar-refractivity contribution in [2.24, 2.45) is 5.73 Å². The van der Waals surface area contributed by atoms with Gasteiger partial charge in [0.2, 0.25) is 0 Å². The highest BCUT2D eigenvalue weighted by atomic mass is 35.5. The van der Waals surface area contributed by atoms with Crippen LogP contribution < -0.4 is 11.1 Å². The molecule has 0 rings (SSSR count). The smallest absolute Gasteiger partial charge is 0.407 e. The molecule has 0 heterocycles. The Hall–Kier alpha value is -1.01. The first kappa shape index (κ1) is 22.3. The molecule has 0 radical (unpaired) electrons. The van der Waals surface area contributed by atoms with E-state index in [9.17, 15) is 9.59 Å². The van der Waals surface area contributed by atoms with E-state index in [0.717, 1.165) is 0 Å². The molecule has 0 spiro atoms. The maximum Gasteiger partial charge on any atom is 0.407 e. The molecule has 0 aliphatic rings. The van der Waals surface area contributed by atoms with Crippen LogP contribution in [-0.4, -0.2) is 35.9 Å². The Bertz CT molecular complexity index is 335. The molecule has 6 nitrogen and oxygen atoms in total. The van der Waals surface area contributed by atoms with Gasteiger partial charge in [0, 0.05) is 6.54 Å². The summed E-state index contributed by atoms with van der Waals surface area (Å²) in [5.74, 6) is -0.422. The average Bonchev–Trinajstić information content (AvgIpc) is 2.18. The highest BCUT2D eigenvalue weighted by Gasteiger charge is 2.22. The molecule has 21 heavy (non-hydrogen) atoms. The number of esters is 1. The molecule has 0 saturated carbocycles. The quantitative estimate of drug-likeness (QED) is 0.598. The standard InChI is InChI=1S/C14H28N2O4.ClH/c1-13(2,3)19-11(17)10(15)8-7-9-16-12(18)20-14(4,5)6;/h10H,7-9,15H2,1-6H3,(H,16,18);1H/t10-;/m0./s1. The summed E-state index contributed by atoms with van der Waals surface area (Å²) in [7, 11) is 0. The van der Waals surface area contributed by atoms with Crippen molar-refractivity contribution in [2.45, 2.75) is 71.6 Å². The van der Waals surface area contributed by atoms with Gasteiger partial charge in [-0.2, -0.15) is 0 Å². The molecule has 7 heteroatoms. The summed E-state index contributed by atoms with van der Waals surface area (Å²) >= 11 is 0. The molecule has 0 aliphatic heterocycles. The molecule has 0 aliphatic carbocycles. The number of amides is 1. The predicted octanol–water partition coefficient (Wildman–Crippen LogP) is 2.38. The Morgan fingerprint density at radius 1 is 1.05 bits per heavy atom. The van der Waals surface area contributed by atoms with Gasteiger partial charge in [0.15, 0.2) is 0 Å². The van der Waals surface area contributed by atoms with Gasteiger partial charge in [0.05, 0.1) is 0 Å². The number of nitrogens with one attached hydrogen (secondary N) is 1. The van der Waals surface area contributed by atoms with Crippen LogP contribution in [0.4, 0.5) is 4.79 Å². The lowest BCUT2D eigenvalue weighted by molar-refractivity contribution is -0.156. The summed E-state index contributed by atoms with van der Waals surface area (Å²) in [4.78, 5) is 23.0. The number of hydrogen-bond acceptors (Lipinski definition) is 5. The minimum absolute atomic E-state index is 0. The van der Waals surface area contributed by atoms with Gasteiger partial charge in [-0.3, -0.25) is 4.79 Å². The lowest BCUT2D eigenvalue weighted by Crippen LogP contribution is -2.38. The van der Waals surface area contributed by atoms with E-state index in [1.807, 2.05) is 0 Å². The lowest BCUT2D eigenvalue weighted by atomic mass is 10.1. The van der Waals surface area contributed by atoms with E-state index in [1.54, 1.807) is 41.5 Å². The average molecular weight is 325 g/mol. The Balaban J connectivity index is 0. The van der Waals surface area contributed by atoms with E-state index in [0.29, 0.717) is 19.4 Å². The first-order valence-corrected chi connectivity index (χ1v) is 6.86. The zero-order valence-electron chi connectivity index (χ0n) is 13.8. The van der Waals surface area contributed by atoms with Gasteiger partial charge < -0.3 is 20.5 Å². The van der Waals surface area contributed by atoms with E-state index in [2.05, 4.69) is 5.32 Å². The number of halogens is 1. The number of hydrogen-bond donors (Lipinski definition) is 2. The van der Waals surface area contributed by atoms with E-state index >= 15 is 0 Å². The number of rotatable bonds is 5. The second-order valence-electron chi connectivity index (χ2n) is 6.71. The lowest BCUT2D eigenvalue weighted by Gasteiger charge is -2.22. The van der Waals surface area contributed by atoms with Crippen molar-refractivity contribution in [3.63, 3.8) is 0 Å². The molecule has 1 amide bonds. The Morgan fingerprint density at radius 3 is 1.95 bits per heavy atom. The first-order chi connectivity index (χ1) is 8.91. The maximum atomic E-state index is 11.6. The largest absolute Gasteiger partial charge is 0.459 e. The van der Waals surface area contributed by atoms with E-state index in [1.165, 1.54) is 0 Å². The van der Waals surface area contributed by atoms with Gasteiger partial charge in [0.1, 0.15) is 17.2 Å². The van der Waals surface area contributed by atoms with Gasteiger partial charge in [-0.15, -0.1) is 12.4 Å². The molecule has 0 aromatic heterocycles. The SMILES string of the molecule is CC(C)(C)OC(=O)NCCC[C@H](N)C(=O)OC(C)(C)C.Cl. The van der Waals surface area contributed by atoms with Crippen LogP contribution in [0.5, 0.6) is 0 Å². The number of carbonyl (C=O) groups excluding carboxylic acids is 2. The maximum absolute atomic E-state index is 11.6. The molecule has 0 unspecified atom stereocenters. The van der Waals surface area contributed by atoms with Crippen molar-refractivity contribution in [1.82, 2.24) is 5.32 Å². The summed E-state index contributed by atoms with van der Waals surface area (Å²) in [5.41, 5.74) is 4.67. The summed E-state index contributed by atoms with van der Waals surface area (Å²) in [5, 5.41) is 2.61. The summed E-state index contributed by atoms with van der Waals surface area (Å²) in [6.07, 6.45) is 0.563.